The SMILES string of the molecule is Cc1ccc(N(c2ccc(/C=C(\c3ccccc3)c3ccc(C)c(C)c3)cc2)c2ccc(/C=C(/C#N)C(=O)O)s2)c(C)c1. The number of thiophene rings is 1. The zero-order chi connectivity index (χ0) is 30.5. The van der Waals surface area contributed by atoms with E-state index >= 15 is 0 Å². The van der Waals surface area contributed by atoms with E-state index < -0.39 is 5.97 Å². The minimum absolute atomic E-state index is 0.291. The summed E-state index contributed by atoms with van der Waals surface area (Å²) in [6.45, 7) is 8.44. The van der Waals surface area contributed by atoms with E-state index in [1.165, 1.54) is 39.7 Å². The van der Waals surface area contributed by atoms with Gasteiger partial charge in [-0.05, 0) is 109 Å². The molecule has 5 heteroatoms. The Morgan fingerprint density at radius 3 is 2.16 bits per heavy atom. The summed E-state index contributed by atoms with van der Waals surface area (Å²) in [5.41, 5.74) is 11.1. The third-order valence-electron chi connectivity index (χ3n) is 7.43. The molecule has 5 aromatic rings. The molecule has 1 heterocycles. The normalized spacial score (nSPS) is 11.7. The van der Waals surface area contributed by atoms with Crippen molar-refractivity contribution in [1.82, 2.24) is 0 Å². The van der Waals surface area contributed by atoms with Crippen LogP contribution < -0.4 is 4.90 Å². The van der Waals surface area contributed by atoms with Crippen molar-refractivity contribution >= 4 is 51.4 Å². The van der Waals surface area contributed by atoms with Crippen LogP contribution in [0.15, 0.2) is 109 Å². The Kier molecular flexibility index (Phi) is 8.71. The molecule has 0 radical (unpaired) electrons. The van der Waals surface area contributed by atoms with Gasteiger partial charge in [-0.25, -0.2) is 4.79 Å². The van der Waals surface area contributed by atoms with Gasteiger partial charge < -0.3 is 10.0 Å². The van der Waals surface area contributed by atoms with Crippen LogP contribution in [0.5, 0.6) is 0 Å². The van der Waals surface area contributed by atoms with E-state index in [-0.39, 0.29) is 5.57 Å². The smallest absolute Gasteiger partial charge is 0.346 e. The van der Waals surface area contributed by atoms with Crippen molar-refractivity contribution in [1.29, 1.82) is 5.26 Å². The van der Waals surface area contributed by atoms with Crippen molar-refractivity contribution < 1.29 is 9.90 Å². The molecule has 0 aliphatic carbocycles. The van der Waals surface area contributed by atoms with Crippen LogP contribution in [-0.4, -0.2) is 11.1 Å². The van der Waals surface area contributed by atoms with E-state index in [1.807, 2.05) is 18.2 Å². The van der Waals surface area contributed by atoms with Crippen LogP contribution in [0.25, 0.3) is 17.7 Å². The molecule has 0 aliphatic heterocycles. The summed E-state index contributed by atoms with van der Waals surface area (Å²) in [6, 6.07) is 37.5. The first-order valence-corrected chi connectivity index (χ1v) is 14.8. The number of anilines is 3. The molecule has 5 rings (SSSR count). The Morgan fingerprint density at radius 1 is 0.767 bits per heavy atom. The van der Waals surface area contributed by atoms with Crippen LogP contribution in [0.2, 0.25) is 0 Å². The topological polar surface area (TPSA) is 64.3 Å². The number of aliphatic carboxylic acids is 1. The second-order valence-electron chi connectivity index (χ2n) is 10.6. The number of hydrogen-bond acceptors (Lipinski definition) is 4. The number of rotatable bonds is 8. The van der Waals surface area contributed by atoms with Crippen molar-refractivity contribution in [2.24, 2.45) is 0 Å². The van der Waals surface area contributed by atoms with E-state index in [9.17, 15) is 15.2 Å². The minimum atomic E-state index is -1.23. The second kappa shape index (κ2) is 12.8. The standard InChI is InChI=1S/C38H32N2O2S/c1-25-10-18-36(28(4)20-25)40(37-19-17-34(43-37)23-32(24-39)38(41)42)33-15-12-29(13-16-33)22-35(30-8-6-5-7-9-30)31-14-11-26(2)27(3)21-31/h5-23H,1-4H3,(H,41,42)/b32-23-,35-22+. The predicted molar refractivity (Wildman–Crippen MR) is 179 cm³/mol. The Hall–Kier alpha value is -5.18. The molecule has 1 N–H and O–H groups in total. The highest BCUT2D eigenvalue weighted by Crippen LogP contribution is 2.41. The lowest BCUT2D eigenvalue weighted by Gasteiger charge is -2.25. The summed E-state index contributed by atoms with van der Waals surface area (Å²) in [5, 5.41) is 19.5. The minimum Gasteiger partial charge on any atom is -0.477 e. The number of benzene rings is 4. The van der Waals surface area contributed by atoms with Gasteiger partial charge >= 0.3 is 5.97 Å². The van der Waals surface area contributed by atoms with Gasteiger partial charge in [0.15, 0.2) is 0 Å². The van der Waals surface area contributed by atoms with Gasteiger partial charge in [-0.1, -0.05) is 78.4 Å². The van der Waals surface area contributed by atoms with Crippen molar-refractivity contribution in [2.75, 3.05) is 4.90 Å². The highest BCUT2D eigenvalue weighted by molar-refractivity contribution is 7.17. The van der Waals surface area contributed by atoms with Crippen LogP contribution in [0.1, 0.15) is 43.8 Å². The van der Waals surface area contributed by atoms with E-state index in [2.05, 4.69) is 124 Å². The van der Waals surface area contributed by atoms with Gasteiger partial charge in [0.1, 0.15) is 16.6 Å². The predicted octanol–water partition coefficient (Wildman–Crippen LogP) is 10.0. The average molecular weight is 581 g/mol. The van der Waals surface area contributed by atoms with E-state index in [1.54, 1.807) is 6.07 Å². The average Bonchev–Trinajstić information content (AvgIpc) is 3.46. The fourth-order valence-corrected chi connectivity index (χ4v) is 6.00. The number of nitriles is 1. The lowest BCUT2D eigenvalue weighted by atomic mass is 9.93. The summed E-state index contributed by atoms with van der Waals surface area (Å²) in [5.74, 6) is -1.23. The van der Waals surface area contributed by atoms with Gasteiger partial charge in [-0.2, -0.15) is 5.26 Å². The molecule has 0 aliphatic rings. The van der Waals surface area contributed by atoms with Crippen LogP contribution >= 0.6 is 11.3 Å². The van der Waals surface area contributed by atoms with Crippen molar-refractivity contribution in [3.63, 3.8) is 0 Å². The molecule has 43 heavy (non-hydrogen) atoms. The number of hydrogen-bond donors (Lipinski definition) is 1. The van der Waals surface area contributed by atoms with Gasteiger partial charge in [0, 0.05) is 16.3 Å². The molecule has 0 unspecified atom stereocenters. The van der Waals surface area contributed by atoms with Gasteiger partial charge in [-0.15, -0.1) is 11.3 Å². The molecule has 0 spiro atoms. The van der Waals surface area contributed by atoms with Crippen LogP contribution in [0.3, 0.4) is 0 Å². The van der Waals surface area contributed by atoms with Crippen molar-refractivity contribution in [3.05, 3.63) is 153 Å². The zero-order valence-electron chi connectivity index (χ0n) is 24.6. The molecular formula is C38H32N2O2S. The second-order valence-corrected chi connectivity index (χ2v) is 11.7. The molecule has 0 fully saturated rings. The monoisotopic (exact) mass is 580 g/mol. The number of carboxylic acids is 1. The largest absolute Gasteiger partial charge is 0.477 e. The first kappa shape index (κ1) is 29.3. The van der Waals surface area contributed by atoms with Crippen LogP contribution in [0.4, 0.5) is 16.4 Å². The Labute approximate surface area is 257 Å². The molecule has 0 amide bonds. The molecule has 0 bridgehead atoms. The van der Waals surface area contributed by atoms with Crippen LogP contribution in [-0.2, 0) is 4.79 Å². The Morgan fingerprint density at radius 2 is 1.51 bits per heavy atom. The number of nitrogens with zero attached hydrogens (tertiary/aromatic N) is 2. The highest BCUT2D eigenvalue weighted by Gasteiger charge is 2.17. The fourth-order valence-electron chi connectivity index (χ4n) is 5.01. The van der Waals surface area contributed by atoms with Gasteiger partial charge in [0.05, 0.1) is 0 Å². The highest BCUT2D eigenvalue weighted by atomic mass is 32.1. The molecular weight excluding hydrogens is 548 g/mol. The number of carbonyl (C=O) groups is 1. The summed E-state index contributed by atoms with van der Waals surface area (Å²) in [6.07, 6.45) is 3.65. The maximum atomic E-state index is 11.4. The third-order valence-corrected chi connectivity index (χ3v) is 8.45. The Balaban J connectivity index is 1.58. The van der Waals surface area contributed by atoms with Gasteiger partial charge in [-0.3, -0.25) is 0 Å². The first-order chi connectivity index (χ1) is 20.7. The molecule has 212 valence electrons. The molecule has 0 atom stereocenters. The quantitative estimate of drug-likeness (QED) is 0.113. The zero-order valence-corrected chi connectivity index (χ0v) is 25.4. The lowest BCUT2D eigenvalue weighted by molar-refractivity contribution is -0.132. The maximum Gasteiger partial charge on any atom is 0.346 e. The van der Waals surface area contributed by atoms with Crippen LogP contribution in [0, 0.1) is 39.0 Å². The summed E-state index contributed by atoms with van der Waals surface area (Å²) < 4.78 is 0. The van der Waals surface area contributed by atoms with Gasteiger partial charge in [0.2, 0.25) is 0 Å². The Bertz CT molecular complexity index is 1890. The summed E-state index contributed by atoms with van der Waals surface area (Å²) in [4.78, 5) is 14.3. The van der Waals surface area contributed by atoms with E-state index in [4.69, 9.17) is 0 Å². The fraction of sp³-hybridized carbons (Fsp3) is 0.105. The molecule has 0 saturated heterocycles. The molecule has 0 saturated carbocycles. The summed E-state index contributed by atoms with van der Waals surface area (Å²) >= 11 is 1.44. The lowest BCUT2D eigenvalue weighted by Crippen LogP contribution is -2.10. The summed E-state index contributed by atoms with van der Waals surface area (Å²) in [7, 11) is 0. The van der Waals surface area contributed by atoms with Gasteiger partial charge in [0.25, 0.3) is 0 Å². The number of carboxylic acid groups (broad SMARTS) is 1. The van der Waals surface area contributed by atoms with E-state index in [0.29, 0.717) is 4.88 Å². The van der Waals surface area contributed by atoms with E-state index in [0.717, 1.165) is 38.6 Å². The maximum absolute atomic E-state index is 11.4. The molecule has 1 aromatic heterocycles. The third kappa shape index (κ3) is 6.67. The first-order valence-electron chi connectivity index (χ1n) is 14.0. The molecule has 4 nitrogen and oxygen atoms in total. The molecule has 4 aromatic carbocycles. The number of aryl methyl sites for hydroxylation is 4. The van der Waals surface area contributed by atoms with Crippen molar-refractivity contribution in [2.45, 2.75) is 27.7 Å². The van der Waals surface area contributed by atoms with Crippen molar-refractivity contribution in [3.8, 4) is 6.07 Å².